The lowest BCUT2D eigenvalue weighted by Gasteiger charge is -2.20. The van der Waals surface area contributed by atoms with Crippen molar-refractivity contribution < 1.29 is 14.7 Å². The number of carboxylic acid groups (broad SMARTS) is 1. The van der Waals surface area contributed by atoms with Crippen LogP contribution in [0.15, 0.2) is 12.3 Å². The molecule has 0 aliphatic heterocycles. The number of hydrogen-bond acceptors (Lipinski definition) is 3. The molecule has 0 bridgehead atoms. The van der Waals surface area contributed by atoms with Crippen LogP contribution in [-0.4, -0.2) is 28.0 Å². The number of carbonyl (C=O) groups is 2. The lowest BCUT2D eigenvalue weighted by molar-refractivity contribution is -0.140. The van der Waals surface area contributed by atoms with Gasteiger partial charge in [-0.1, -0.05) is 31.9 Å². The summed E-state index contributed by atoms with van der Waals surface area (Å²) in [6.45, 7) is 5.40. The van der Waals surface area contributed by atoms with Gasteiger partial charge >= 0.3 is 5.97 Å². The molecule has 5 nitrogen and oxygen atoms in total. The van der Waals surface area contributed by atoms with Crippen molar-refractivity contribution >= 4 is 23.5 Å². The van der Waals surface area contributed by atoms with Crippen LogP contribution in [0.25, 0.3) is 0 Å². The monoisotopic (exact) mass is 284 g/mol. The number of aliphatic carboxylic acids is 1. The minimum Gasteiger partial charge on any atom is -0.480 e. The van der Waals surface area contributed by atoms with E-state index in [1.165, 1.54) is 6.20 Å². The standard InChI is InChI=1S/C13H17ClN2O3/c1-4-7(2)11(13(18)19)16-12(17)9-6-15-8(3)5-10(9)14/h5-7,11H,4H2,1-3H3,(H,16,17)(H,18,19)/t7-,11-/m0/s1. The Kier molecular flexibility index (Phi) is 5.30. The topological polar surface area (TPSA) is 79.3 Å². The van der Waals surface area contributed by atoms with Gasteiger partial charge in [-0.25, -0.2) is 4.79 Å². The van der Waals surface area contributed by atoms with Crippen molar-refractivity contribution in [3.05, 3.63) is 28.5 Å². The number of carbonyl (C=O) groups excluding carboxylic acids is 1. The molecule has 19 heavy (non-hydrogen) atoms. The van der Waals surface area contributed by atoms with E-state index in [1.807, 2.05) is 6.92 Å². The van der Waals surface area contributed by atoms with Crippen molar-refractivity contribution in [2.24, 2.45) is 5.92 Å². The van der Waals surface area contributed by atoms with Gasteiger partial charge < -0.3 is 10.4 Å². The van der Waals surface area contributed by atoms with Crippen LogP contribution < -0.4 is 5.32 Å². The molecule has 0 unspecified atom stereocenters. The maximum atomic E-state index is 12.0. The fraction of sp³-hybridized carbons (Fsp3) is 0.462. The number of hydrogen-bond donors (Lipinski definition) is 2. The number of halogens is 1. The van der Waals surface area contributed by atoms with Crippen molar-refractivity contribution in [3.8, 4) is 0 Å². The van der Waals surface area contributed by atoms with Crippen molar-refractivity contribution in [2.75, 3.05) is 0 Å². The molecule has 1 aromatic heterocycles. The largest absolute Gasteiger partial charge is 0.480 e. The summed E-state index contributed by atoms with van der Waals surface area (Å²) in [7, 11) is 0. The molecule has 104 valence electrons. The Morgan fingerprint density at radius 1 is 1.53 bits per heavy atom. The first-order chi connectivity index (χ1) is 8.86. The number of pyridine rings is 1. The Bertz CT molecular complexity index is 491. The van der Waals surface area contributed by atoms with Gasteiger partial charge in [-0.15, -0.1) is 0 Å². The average molecular weight is 285 g/mol. The van der Waals surface area contributed by atoms with Crippen molar-refractivity contribution in [3.63, 3.8) is 0 Å². The Balaban J connectivity index is 2.91. The predicted molar refractivity (Wildman–Crippen MR) is 72.3 cm³/mol. The van der Waals surface area contributed by atoms with Crippen LogP contribution >= 0.6 is 11.6 Å². The molecule has 1 amide bonds. The van der Waals surface area contributed by atoms with Crippen LogP contribution in [0.2, 0.25) is 5.02 Å². The van der Waals surface area contributed by atoms with Gasteiger partial charge in [0.05, 0.1) is 10.6 Å². The van der Waals surface area contributed by atoms with Crippen LogP contribution in [0.5, 0.6) is 0 Å². The van der Waals surface area contributed by atoms with Crippen LogP contribution in [0.3, 0.4) is 0 Å². The molecule has 2 N–H and O–H groups in total. The minimum atomic E-state index is -1.06. The summed E-state index contributed by atoms with van der Waals surface area (Å²) in [4.78, 5) is 27.1. The molecule has 0 saturated heterocycles. The lowest BCUT2D eigenvalue weighted by atomic mass is 9.99. The van der Waals surface area contributed by atoms with E-state index in [2.05, 4.69) is 10.3 Å². The van der Waals surface area contributed by atoms with Crippen molar-refractivity contribution in [1.29, 1.82) is 0 Å². The predicted octanol–water partition coefficient (Wildman–Crippen LogP) is 2.27. The van der Waals surface area contributed by atoms with E-state index in [0.29, 0.717) is 12.1 Å². The third kappa shape index (κ3) is 3.92. The molecule has 0 aromatic carbocycles. The van der Waals surface area contributed by atoms with Crippen LogP contribution in [0.1, 0.15) is 36.3 Å². The fourth-order valence-corrected chi connectivity index (χ4v) is 1.89. The Morgan fingerprint density at radius 3 is 2.63 bits per heavy atom. The zero-order valence-corrected chi connectivity index (χ0v) is 11.9. The summed E-state index contributed by atoms with van der Waals surface area (Å²) in [5, 5.41) is 11.9. The second-order valence-electron chi connectivity index (χ2n) is 4.48. The maximum Gasteiger partial charge on any atom is 0.326 e. The SMILES string of the molecule is CC[C@H](C)[C@H](NC(=O)c1cnc(C)cc1Cl)C(=O)O. The Hall–Kier alpha value is -1.62. The van der Waals surface area contributed by atoms with Gasteiger partial charge in [0.25, 0.3) is 5.91 Å². The molecule has 0 radical (unpaired) electrons. The summed E-state index contributed by atoms with van der Waals surface area (Å²) in [6, 6.07) is 0.630. The van der Waals surface area contributed by atoms with Gasteiger partial charge in [-0.3, -0.25) is 9.78 Å². The molecule has 0 aliphatic carbocycles. The van der Waals surface area contributed by atoms with Crippen LogP contribution in [0.4, 0.5) is 0 Å². The molecule has 0 aliphatic rings. The molecule has 2 atom stereocenters. The van der Waals surface area contributed by atoms with E-state index in [-0.39, 0.29) is 16.5 Å². The summed E-state index contributed by atoms with van der Waals surface area (Å²) >= 11 is 5.95. The van der Waals surface area contributed by atoms with E-state index in [0.717, 1.165) is 0 Å². The zero-order chi connectivity index (χ0) is 14.6. The second kappa shape index (κ2) is 6.52. The van der Waals surface area contributed by atoms with Crippen molar-refractivity contribution in [2.45, 2.75) is 33.2 Å². The van der Waals surface area contributed by atoms with Gasteiger partial charge in [0.15, 0.2) is 0 Å². The number of aromatic nitrogens is 1. The normalized spacial score (nSPS) is 13.7. The fourth-order valence-electron chi connectivity index (χ4n) is 1.60. The number of amides is 1. The van der Waals surface area contributed by atoms with Gasteiger partial charge in [0.2, 0.25) is 0 Å². The summed E-state index contributed by atoms with van der Waals surface area (Å²) in [6.07, 6.45) is 2.00. The van der Waals surface area contributed by atoms with E-state index in [9.17, 15) is 9.59 Å². The summed E-state index contributed by atoms with van der Waals surface area (Å²) in [5.74, 6) is -1.75. The molecular formula is C13H17ClN2O3. The first kappa shape index (κ1) is 15.4. The molecule has 6 heteroatoms. The highest BCUT2D eigenvalue weighted by Gasteiger charge is 2.26. The van der Waals surface area contributed by atoms with Gasteiger partial charge in [-0.05, 0) is 18.9 Å². The number of rotatable bonds is 5. The highest BCUT2D eigenvalue weighted by molar-refractivity contribution is 6.33. The van der Waals surface area contributed by atoms with Crippen molar-refractivity contribution in [1.82, 2.24) is 10.3 Å². The Labute approximate surface area is 117 Å². The van der Waals surface area contributed by atoms with Gasteiger partial charge in [-0.2, -0.15) is 0 Å². The van der Waals surface area contributed by atoms with Crippen LogP contribution in [-0.2, 0) is 4.79 Å². The maximum absolute atomic E-state index is 12.0. The molecule has 1 rings (SSSR count). The summed E-state index contributed by atoms with van der Waals surface area (Å²) < 4.78 is 0. The smallest absolute Gasteiger partial charge is 0.326 e. The molecular weight excluding hydrogens is 268 g/mol. The first-order valence-electron chi connectivity index (χ1n) is 6.02. The Morgan fingerprint density at radius 2 is 2.16 bits per heavy atom. The van der Waals surface area contributed by atoms with E-state index >= 15 is 0 Å². The molecule has 0 saturated carbocycles. The molecule has 0 spiro atoms. The van der Waals surface area contributed by atoms with E-state index in [4.69, 9.17) is 16.7 Å². The second-order valence-corrected chi connectivity index (χ2v) is 4.89. The van der Waals surface area contributed by atoms with Crippen LogP contribution in [0, 0.1) is 12.8 Å². The van der Waals surface area contributed by atoms with E-state index < -0.39 is 17.9 Å². The molecule has 0 fully saturated rings. The average Bonchev–Trinajstić information content (AvgIpc) is 2.34. The van der Waals surface area contributed by atoms with E-state index in [1.54, 1.807) is 19.9 Å². The molecule has 1 heterocycles. The number of nitrogens with one attached hydrogen (secondary N) is 1. The highest BCUT2D eigenvalue weighted by Crippen LogP contribution is 2.16. The summed E-state index contributed by atoms with van der Waals surface area (Å²) in [5.41, 5.74) is 0.875. The quantitative estimate of drug-likeness (QED) is 0.869. The third-order valence-electron chi connectivity index (χ3n) is 3.00. The third-order valence-corrected chi connectivity index (χ3v) is 3.31. The number of aryl methyl sites for hydroxylation is 1. The minimum absolute atomic E-state index is 0.168. The zero-order valence-electron chi connectivity index (χ0n) is 11.1. The number of carboxylic acids is 1. The van der Waals surface area contributed by atoms with Gasteiger partial charge in [0.1, 0.15) is 6.04 Å². The lowest BCUT2D eigenvalue weighted by Crippen LogP contribution is -2.45. The highest BCUT2D eigenvalue weighted by atomic mass is 35.5. The number of nitrogens with zero attached hydrogens (tertiary/aromatic N) is 1. The molecule has 1 aromatic rings. The first-order valence-corrected chi connectivity index (χ1v) is 6.40. The van der Waals surface area contributed by atoms with Gasteiger partial charge in [0, 0.05) is 11.9 Å².